The van der Waals surface area contributed by atoms with Crippen LogP contribution in [0.4, 0.5) is 0 Å². The molecule has 0 aromatic heterocycles. The largest absolute Gasteiger partial charge is 0.612 e. The SMILES string of the molecule is CC(C)[P+]([O-])=N[C@@H](CO)C(=O)O. The number of aliphatic hydroxyl groups excluding tert-OH is 1. The first-order valence-corrected chi connectivity index (χ1v) is 4.78. The summed E-state index contributed by atoms with van der Waals surface area (Å²) >= 11 is 0. The minimum atomic E-state index is -1.88. The van der Waals surface area contributed by atoms with Crippen molar-refractivity contribution >= 4 is 13.9 Å². The molecule has 0 aromatic rings. The summed E-state index contributed by atoms with van der Waals surface area (Å²) in [5.41, 5.74) is -0.187. The Morgan fingerprint density at radius 3 is 2.42 bits per heavy atom. The summed E-state index contributed by atoms with van der Waals surface area (Å²) < 4.78 is 3.45. The van der Waals surface area contributed by atoms with Crippen molar-refractivity contribution in [3.8, 4) is 0 Å². The van der Waals surface area contributed by atoms with Gasteiger partial charge >= 0.3 is 5.97 Å². The molecule has 0 spiro atoms. The van der Waals surface area contributed by atoms with Gasteiger partial charge in [0.2, 0.25) is 6.04 Å². The number of rotatable bonds is 4. The molecule has 12 heavy (non-hydrogen) atoms. The monoisotopic (exact) mass is 193 g/mol. The first-order valence-electron chi connectivity index (χ1n) is 3.49. The van der Waals surface area contributed by atoms with Crippen molar-refractivity contribution < 1.29 is 19.9 Å². The van der Waals surface area contributed by atoms with Crippen LogP contribution in [0.3, 0.4) is 0 Å². The van der Waals surface area contributed by atoms with Crippen LogP contribution >= 0.6 is 7.94 Å². The molecule has 2 atom stereocenters. The Bertz CT molecular complexity index is 192. The number of aliphatic carboxylic acids is 1. The molecule has 0 bridgehead atoms. The zero-order valence-corrected chi connectivity index (χ0v) is 7.86. The van der Waals surface area contributed by atoms with Gasteiger partial charge < -0.3 is 15.1 Å². The van der Waals surface area contributed by atoms with Gasteiger partial charge in [-0.2, -0.15) is 0 Å². The third-order valence-corrected chi connectivity index (χ3v) is 2.54. The van der Waals surface area contributed by atoms with Crippen molar-refractivity contribution in [2.45, 2.75) is 25.5 Å². The summed E-state index contributed by atoms with van der Waals surface area (Å²) in [6.07, 6.45) is 0. The second kappa shape index (κ2) is 5.19. The summed E-state index contributed by atoms with van der Waals surface area (Å²) in [4.78, 5) is 21.3. The van der Waals surface area contributed by atoms with Gasteiger partial charge in [-0.05, 0) is 13.8 Å². The molecule has 0 heterocycles. The molecule has 0 saturated carbocycles. The van der Waals surface area contributed by atoms with Gasteiger partial charge in [0.25, 0.3) is 0 Å². The molecule has 0 aliphatic rings. The highest BCUT2D eigenvalue weighted by Gasteiger charge is 2.19. The van der Waals surface area contributed by atoms with Crippen LogP contribution in [0.1, 0.15) is 13.8 Å². The predicted octanol–water partition coefficient (Wildman–Crippen LogP) is -0.219. The maximum absolute atomic E-state index is 11.0. The quantitative estimate of drug-likeness (QED) is 0.603. The lowest BCUT2D eigenvalue weighted by atomic mass is 10.3. The molecule has 0 rings (SSSR count). The summed E-state index contributed by atoms with van der Waals surface area (Å²) in [5.74, 6) is -1.25. The van der Waals surface area contributed by atoms with Gasteiger partial charge in [-0.3, -0.25) is 0 Å². The van der Waals surface area contributed by atoms with Gasteiger partial charge in [-0.15, -0.1) is 0 Å². The van der Waals surface area contributed by atoms with Crippen LogP contribution < -0.4 is 4.89 Å². The molecule has 0 aromatic carbocycles. The van der Waals surface area contributed by atoms with Gasteiger partial charge in [0.15, 0.2) is 7.94 Å². The van der Waals surface area contributed by atoms with E-state index in [1.165, 1.54) is 0 Å². The smallest absolute Gasteiger partial charge is 0.335 e. The Labute approximate surface area is 71.6 Å². The van der Waals surface area contributed by atoms with E-state index in [-0.39, 0.29) is 5.66 Å². The molecule has 0 saturated heterocycles. The topological polar surface area (TPSA) is 93.0 Å². The fourth-order valence-electron chi connectivity index (χ4n) is 0.435. The molecule has 1 unspecified atom stereocenters. The van der Waals surface area contributed by atoms with E-state index in [0.717, 1.165) is 0 Å². The highest BCUT2D eigenvalue weighted by atomic mass is 31.1. The van der Waals surface area contributed by atoms with E-state index < -0.39 is 26.6 Å². The number of hydrogen-bond donors (Lipinski definition) is 2. The lowest BCUT2D eigenvalue weighted by molar-refractivity contribution is -0.158. The van der Waals surface area contributed by atoms with Crippen molar-refractivity contribution in [3.63, 3.8) is 0 Å². The summed E-state index contributed by atoms with van der Waals surface area (Å²) in [7, 11) is -1.88. The Balaban J connectivity index is 4.36. The molecular weight excluding hydrogens is 181 g/mol. The van der Waals surface area contributed by atoms with Crippen molar-refractivity contribution in [3.05, 3.63) is 0 Å². The molecule has 0 fully saturated rings. The summed E-state index contributed by atoms with van der Waals surface area (Å²) in [6, 6.07) is -1.25. The standard InChI is InChI=1S/C6H12NO4P/c1-4(2)12(11)7-5(3-8)6(9)10/h4-5,8H,3H2,1-2H3,(H,9,10)/t5-/m0/s1. The van der Waals surface area contributed by atoms with Gasteiger partial charge in [0, 0.05) is 0 Å². The minimum absolute atomic E-state index is 0.187. The first kappa shape index (κ1) is 11.5. The second-order valence-electron chi connectivity index (χ2n) is 2.55. The zero-order chi connectivity index (χ0) is 9.72. The van der Waals surface area contributed by atoms with Gasteiger partial charge in [-0.25, -0.2) is 4.79 Å². The third kappa shape index (κ3) is 3.76. The zero-order valence-electron chi connectivity index (χ0n) is 6.97. The van der Waals surface area contributed by atoms with Crippen molar-refractivity contribution in [2.24, 2.45) is 4.74 Å². The Hall–Kier alpha value is -0.510. The highest BCUT2D eigenvalue weighted by molar-refractivity contribution is 7.40. The Morgan fingerprint density at radius 2 is 2.17 bits per heavy atom. The molecule has 0 aliphatic carbocycles. The Kier molecular flexibility index (Phi) is 4.97. The minimum Gasteiger partial charge on any atom is -0.612 e. The summed E-state index contributed by atoms with van der Waals surface area (Å²) in [5, 5.41) is 16.9. The lowest BCUT2D eigenvalue weighted by Crippen LogP contribution is -2.22. The highest BCUT2D eigenvalue weighted by Crippen LogP contribution is 2.22. The van der Waals surface area contributed by atoms with E-state index in [9.17, 15) is 9.69 Å². The lowest BCUT2D eigenvalue weighted by Gasteiger charge is -2.03. The number of hydrogen-bond acceptors (Lipinski definition) is 4. The molecule has 70 valence electrons. The molecule has 6 heteroatoms. The number of carboxylic acid groups (broad SMARTS) is 1. The van der Waals surface area contributed by atoms with Crippen LogP contribution in [0.15, 0.2) is 4.74 Å². The predicted molar refractivity (Wildman–Crippen MR) is 43.0 cm³/mol. The maximum Gasteiger partial charge on any atom is 0.335 e. The summed E-state index contributed by atoms with van der Waals surface area (Å²) in [6.45, 7) is 2.75. The van der Waals surface area contributed by atoms with Crippen LogP contribution in [0.5, 0.6) is 0 Å². The average molecular weight is 193 g/mol. The normalized spacial score (nSPS) is 14.9. The number of carbonyl (C=O) groups is 1. The molecule has 0 amide bonds. The molecule has 5 nitrogen and oxygen atoms in total. The third-order valence-electron chi connectivity index (χ3n) is 1.15. The van der Waals surface area contributed by atoms with Crippen LogP contribution in [-0.4, -0.2) is 34.5 Å². The number of carboxylic acids is 1. The van der Waals surface area contributed by atoms with Crippen LogP contribution in [0, 0.1) is 0 Å². The fraction of sp³-hybridized carbons (Fsp3) is 0.833. The van der Waals surface area contributed by atoms with Crippen molar-refractivity contribution in [1.29, 1.82) is 0 Å². The molecule has 0 radical (unpaired) electrons. The Morgan fingerprint density at radius 1 is 1.67 bits per heavy atom. The molecular formula is C6H12NO4P. The number of aliphatic hydroxyl groups is 1. The first-order chi connectivity index (χ1) is 5.49. The van der Waals surface area contributed by atoms with Crippen molar-refractivity contribution in [1.82, 2.24) is 0 Å². The number of nitrogens with zero attached hydrogens (tertiary/aromatic N) is 1. The van der Waals surface area contributed by atoms with Crippen LogP contribution in [-0.2, 0) is 4.79 Å². The van der Waals surface area contributed by atoms with E-state index in [2.05, 4.69) is 4.74 Å². The second-order valence-corrected chi connectivity index (χ2v) is 4.42. The van der Waals surface area contributed by atoms with E-state index in [0.29, 0.717) is 0 Å². The van der Waals surface area contributed by atoms with E-state index >= 15 is 0 Å². The maximum atomic E-state index is 11.0. The van der Waals surface area contributed by atoms with E-state index in [4.69, 9.17) is 10.2 Å². The van der Waals surface area contributed by atoms with Crippen LogP contribution in [0.2, 0.25) is 0 Å². The van der Waals surface area contributed by atoms with Crippen LogP contribution in [0.25, 0.3) is 0 Å². The van der Waals surface area contributed by atoms with Gasteiger partial charge in [-0.1, -0.05) is 4.74 Å². The fourth-order valence-corrected chi connectivity index (χ4v) is 1.15. The molecule has 0 aliphatic heterocycles. The molecule has 2 N–H and O–H groups in total. The van der Waals surface area contributed by atoms with E-state index in [1.54, 1.807) is 13.8 Å². The van der Waals surface area contributed by atoms with Gasteiger partial charge in [0.1, 0.15) is 5.66 Å². The average Bonchev–Trinajstić information content (AvgIpc) is 1.98. The van der Waals surface area contributed by atoms with Gasteiger partial charge in [0.05, 0.1) is 6.61 Å². The van der Waals surface area contributed by atoms with E-state index in [1.807, 2.05) is 0 Å². The van der Waals surface area contributed by atoms with Crippen molar-refractivity contribution in [2.75, 3.05) is 6.61 Å².